The molecule has 2 aromatic heterocycles. The third-order valence-electron chi connectivity index (χ3n) is 15.4. The monoisotopic (exact) mass is 1080 g/mol. The Morgan fingerprint density at radius 3 is 1.84 bits per heavy atom. The third-order valence-corrected chi connectivity index (χ3v) is 16.4. The molecular weight excluding hydrogens is 1020 g/mol. The Kier molecular flexibility index (Phi) is 11.1. The van der Waals surface area contributed by atoms with Crippen molar-refractivity contribution in [3.63, 3.8) is 0 Å². The minimum atomic E-state index is -0.0678. The molecule has 0 N–H and O–H groups in total. The minimum absolute atomic E-state index is 0.0124. The molecule has 0 bridgehead atoms. The molecule has 0 radical (unpaired) electrons. The van der Waals surface area contributed by atoms with Crippen molar-refractivity contribution in [3.8, 4) is 56.3 Å². The van der Waals surface area contributed by atoms with Crippen LogP contribution in [0, 0.1) is 28.8 Å². The molecule has 346 valence electrons. The summed E-state index contributed by atoms with van der Waals surface area (Å²) in [4.78, 5) is 7.92. The second-order valence-electron chi connectivity index (χ2n) is 20.4. The van der Waals surface area contributed by atoms with Gasteiger partial charge >= 0.3 is 334 Å². The molecule has 2 unspecified atom stereocenters. The van der Waals surface area contributed by atoms with Gasteiger partial charge in [0.1, 0.15) is 0 Å². The standard InChI is InChI=1S/C63H56N4O.Pt/c1-43-36-60(64-41-55(43)46-24-12-7-13-25-46)67-59-40-50(32-33-52(59)51-28-19-29-56(51)63(67)34-16-17-35-63)68-49-27-18-26-48(39-49)65-42-66(58-31-15-14-30-57(58)65)61-53(44-20-8-5-9-21-44)37-47(62(2,3)4)38-54(61)45-22-10-6-11-23-45;/h5-15,18,20-27,30-33,36-38,41,51,56H,16-17,19,28-29,34-35H2,1-4H3;/q-2;. The molecule has 9 aromatic rings. The van der Waals surface area contributed by atoms with Gasteiger partial charge < -0.3 is 0 Å². The van der Waals surface area contributed by atoms with Gasteiger partial charge in [-0.1, -0.05) is 49.6 Å². The number of imidazole rings is 1. The van der Waals surface area contributed by atoms with Gasteiger partial charge in [0.05, 0.1) is 0 Å². The van der Waals surface area contributed by atoms with Crippen molar-refractivity contribution in [3.05, 3.63) is 203 Å². The van der Waals surface area contributed by atoms with Gasteiger partial charge in [0, 0.05) is 11.8 Å². The first-order valence-electron chi connectivity index (χ1n) is 24.7. The van der Waals surface area contributed by atoms with Crippen molar-refractivity contribution < 1.29 is 24.1 Å². The molecule has 0 saturated heterocycles. The fraction of sp³-hybridized carbons (Fsp3) is 0.238. The topological polar surface area (TPSA) is 35.2 Å². The van der Waals surface area contributed by atoms with Crippen molar-refractivity contribution in [2.75, 3.05) is 4.90 Å². The van der Waals surface area contributed by atoms with E-state index in [0.29, 0.717) is 23.3 Å². The summed E-state index contributed by atoms with van der Waals surface area (Å²) in [7, 11) is 0. The Labute approximate surface area is 417 Å². The van der Waals surface area contributed by atoms with E-state index in [-0.39, 0.29) is 11.0 Å². The normalized spacial score (nSPS) is 17.3. The zero-order valence-electron chi connectivity index (χ0n) is 39.8. The summed E-state index contributed by atoms with van der Waals surface area (Å²) in [6, 6.07) is 66.5. The SMILES string of the molecule is Cc1cc(N2c3[c-]c(Oc4[c-]c(-n5[c](=[Pt])n(-c6c(-c7ccccc7)cc(C(C)(C)C)cc6-c6ccccc6)c6ccccc65)ccc4)ccc3C3CCCC3C23CCCC3)ncc1-c1ccccc1. The van der Waals surface area contributed by atoms with E-state index in [4.69, 9.17) is 9.72 Å². The van der Waals surface area contributed by atoms with Gasteiger partial charge in [-0.05, 0) is 24.5 Å². The Balaban J connectivity index is 0.977. The predicted octanol–water partition coefficient (Wildman–Crippen LogP) is 16.2. The van der Waals surface area contributed by atoms with Crippen LogP contribution in [0.1, 0.15) is 88.3 Å². The van der Waals surface area contributed by atoms with Crippen LogP contribution in [0.4, 0.5) is 11.5 Å². The summed E-state index contributed by atoms with van der Waals surface area (Å²) in [5, 5.41) is 0. The van der Waals surface area contributed by atoms with Crippen LogP contribution in [0.3, 0.4) is 0 Å². The summed E-state index contributed by atoms with van der Waals surface area (Å²) >= 11 is 2.52. The number of hydrogen-bond donors (Lipinski definition) is 0. The Morgan fingerprint density at radius 2 is 1.22 bits per heavy atom. The molecule has 3 heterocycles. The number of rotatable bonds is 8. The molecule has 12 rings (SSSR count). The van der Waals surface area contributed by atoms with Crippen LogP contribution in [0.5, 0.6) is 11.5 Å². The number of hydrogen-bond acceptors (Lipinski definition) is 3. The number of fused-ring (bicyclic) bond motifs is 5. The molecule has 3 aliphatic rings. The van der Waals surface area contributed by atoms with Gasteiger partial charge in [0.15, 0.2) is 0 Å². The van der Waals surface area contributed by atoms with Gasteiger partial charge in [0.25, 0.3) is 0 Å². The molecule has 2 fully saturated rings. The predicted molar refractivity (Wildman–Crippen MR) is 277 cm³/mol. The molecule has 0 amide bonds. The number of nitrogens with zero attached hydrogens (tertiary/aromatic N) is 4. The molecule has 2 saturated carbocycles. The number of pyridine rings is 1. The first-order chi connectivity index (χ1) is 33.7. The molecule has 1 spiro atoms. The van der Waals surface area contributed by atoms with E-state index in [2.05, 4.69) is 237 Å². The van der Waals surface area contributed by atoms with Crippen LogP contribution < -0.4 is 9.64 Å². The number of anilines is 2. The summed E-state index contributed by atoms with van der Waals surface area (Å²) in [5.41, 5.74) is 16.3. The molecule has 5 nitrogen and oxygen atoms in total. The van der Waals surface area contributed by atoms with Crippen LogP contribution in [-0.2, 0) is 24.8 Å². The van der Waals surface area contributed by atoms with E-state index < -0.39 is 0 Å². The zero-order valence-corrected chi connectivity index (χ0v) is 42.1. The average Bonchev–Trinajstić information content (AvgIpc) is 4.13. The molecule has 7 aromatic carbocycles. The van der Waals surface area contributed by atoms with Crippen molar-refractivity contribution in [1.29, 1.82) is 0 Å². The van der Waals surface area contributed by atoms with Crippen LogP contribution in [0.15, 0.2) is 170 Å². The Hall–Kier alpha value is -6.55. The van der Waals surface area contributed by atoms with Gasteiger partial charge in [-0.25, -0.2) is 0 Å². The van der Waals surface area contributed by atoms with Crippen LogP contribution in [-0.4, -0.2) is 19.7 Å². The van der Waals surface area contributed by atoms with Gasteiger partial charge in [-0.3, -0.25) is 0 Å². The van der Waals surface area contributed by atoms with Crippen LogP contribution in [0.2, 0.25) is 0 Å². The van der Waals surface area contributed by atoms with Crippen LogP contribution >= 0.6 is 0 Å². The number of aromatic nitrogens is 3. The fourth-order valence-corrected chi connectivity index (χ4v) is 13.2. The average molecular weight is 1080 g/mol. The summed E-state index contributed by atoms with van der Waals surface area (Å²) in [6.07, 6.45) is 10.7. The van der Waals surface area contributed by atoms with Crippen LogP contribution in [0.25, 0.3) is 55.8 Å². The second-order valence-corrected chi connectivity index (χ2v) is 21.5. The second kappa shape index (κ2) is 17.4. The maximum absolute atomic E-state index is 6.92. The molecular formula is C63H56N4OPt-2. The summed E-state index contributed by atoms with van der Waals surface area (Å²) in [6.45, 7) is 9.14. The minimum Gasteiger partial charge on any atom is -0.0622 e. The van der Waals surface area contributed by atoms with E-state index in [1.165, 1.54) is 95.0 Å². The molecule has 6 heteroatoms. The van der Waals surface area contributed by atoms with E-state index in [1.807, 2.05) is 6.07 Å². The fourth-order valence-electron chi connectivity index (χ4n) is 12.2. The molecule has 1 aliphatic heterocycles. The number of para-hydroxylation sites is 2. The maximum atomic E-state index is 6.92. The number of aryl methyl sites for hydroxylation is 1. The summed E-state index contributed by atoms with van der Waals surface area (Å²) < 4.78 is 12.7. The van der Waals surface area contributed by atoms with Gasteiger partial charge in [-0.2, -0.15) is 0 Å². The Bertz CT molecular complexity index is 3370. The molecule has 2 aliphatic carbocycles. The Morgan fingerprint density at radius 1 is 0.623 bits per heavy atom. The van der Waals surface area contributed by atoms with E-state index in [1.54, 1.807) is 0 Å². The van der Waals surface area contributed by atoms with E-state index in [0.717, 1.165) is 37.7 Å². The molecule has 69 heavy (non-hydrogen) atoms. The van der Waals surface area contributed by atoms with Gasteiger partial charge in [-0.15, -0.1) is 0 Å². The van der Waals surface area contributed by atoms with E-state index >= 15 is 0 Å². The van der Waals surface area contributed by atoms with Gasteiger partial charge in [0.2, 0.25) is 0 Å². The van der Waals surface area contributed by atoms with Crippen molar-refractivity contribution >= 4 is 22.5 Å². The van der Waals surface area contributed by atoms with Crippen molar-refractivity contribution in [2.24, 2.45) is 5.92 Å². The smallest absolute Gasteiger partial charge is 0.0622 e. The van der Waals surface area contributed by atoms with Crippen molar-refractivity contribution in [2.45, 2.75) is 89.5 Å². The first-order valence-corrected chi connectivity index (χ1v) is 25.9. The zero-order chi connectivity index (χ0) is 46.9. The van der Waals surface area contributed by atoms with E-state index in [9.17, 15) is 0 Å². The molecule has 2 atom stereocenters. The summed E-state index contributed by atoms with van der Waals surface area (Å²) in [5.74, 6) is 3.47. The van der Waals surface area contributed by atoms with Crippen molar-refractivity contribution in [1.82, 2.24) is 14.1 Å². The third kappa shape index (κ3) is 7.56. The number of benzene rings is 7. The number of ether oxygens (including phenoxy) is 1. The first kappa shape index (κ1) is 43.7. The quantitative estimate of drug-likeness (QED) is 0.142.